The monoisotopic (exact) mass is 203 g/mol. The molecule has 0 saturated carbocycles. The smallest absolute Gasteiger partial charge is 0.266 e. The van der Waals surface area contributed by atoms with Gasteiger partial charge in [-0.15, -0.1) is 0 Å². The van der Waals surface area contributed by atoms with Crippen molar-refractivity contribution >= 4 is 29.7 Å². The molecule has 3 heterocycles. The molecule has 0 bridgehead atoms. The summed E-state index contributed by atoms with van der Waals surface area (Å²) >= 11 is 1.42. The van der Waals surface area contributed by atoms with E-state index < -0.39 is 0 Å². The van der Waals surface area contributed by atoms with Gasteiger partial charge in [0.05, 0.1) is 5.71 Å². The molecule has 0 radical (unpaired) electrons. The molecule has 0 saturated heterocycles. The number of amides is 1. The minimum absolute atomic E-state index is 0.141. The first-order valence-electron chi connectivity index (χ1n) is 4.12. The van der Waals surface area contributed by atoms with Crippen molar-refractivity contribution in [2.75, 3.05) is 0 Å². The topological polar surface area (TPSA) is 54.7 Å². The third kappa shape index (κ3) is 0.957. The number of rotatable bonds is 0. The van der Waals surface area contributed by atoms with E-state index in [1.54, 1.807) is 6.20 Å². The first-order chi connectivity index (χ1) is 6.86. The number of aliphatic imine (C=N–C) groups is 2. The standard InChI is InChI=1S/C9H5N3OS/c13-8-7-6(11-4-12-8)5-2-1-3-10-9(5)14-7/h1-4,7H. The number of hydrogen-bond acceptors (Lipinski definition) is 4. The Bertz CT molecular complexity index is 481. The van der Waals surface area contributed by atoms with Crippen molar-refractivity contribution in [1.82, 2.24) is 4.98 Å². The summed E-state index contributed by atoms with van der Waals surface area (Å²) in [5.41, 5.74) is 1.75. The molecule has 1 atom stereocenters. The van der Waals surface area contributed by atoms with Crippen LogP contribution >= 0.6 is 11.8 Å². The lowest BCUT2D eigenvalue weighted by atomic mass is 10.1. The first-order valence-corrected chi connectivity index (χ1v) is 5.00. The highest BCUT2D eigenvalue weighted by atomic mass is 32.2. The van der Waals surface area contributed by atoms with E-state index in [0.29, 0.717) is 0 Å². The Hall–Kier alpha value is -1.49. The van der Waals surface area contributed by atoms with Crippen molar-refractivity contribution in [2.45, 2.75) is 10.3 Å². The van der Waals surface area contributed by atoms with Crippen LogP contribution in [0.1, 0.15) is 5.56 Å². The van der Waals surface area contributed by atoms with Crippen LogP contribution < -0.4 is 0 Å². The zero-order chi connectivity index (χ0) is 9.54. The SMILES string of the molecule is O=C1N=CN=C2c3cccnc3SC12. The number of carbonyl (C=O) groups is 1. The Kier molecular flexibility index (Phi) is 1.55. The second kappa shape index (κ2) is 2.75. The largest absolute Gasteiger partial charge is 0.271 e. The molecule has 5 heteroatoms. The predicted molar refractivity (Wildman–Crippen MR) is 53.9 cm³/mol. The van der Waals surface area contributed by atoms with E-state index in [9.17, 15) is 4.79 Å². The van der Waals surface area contributed by atoms with E-state index in [4.69, 9.17) is 0 Å². The number of thioether (sulfide) groups is 1. The Balaban J connectivity index is 2.19. The van der Waals surface area contributed by atoms with Gasteiger partial charge in [-0.2, -0.15) is 0 Å². The second-order valence-corrected chi connectivity index (χ2v) is 4.04. The maximum atomic E-state index is 11.4. The highest BCUT2D eigenvalue weighted by Crippen LogP contribution is 2.36. The first kappa shape index (κ1) is 7.87. The summed E-state index contributed by atoms with van der Waals surface area (Å²) in [7, 11) is 0. The van der Waals surface area contributed by atoms with Gasteiger partial charge in [0, 0.05) is 11.8 Å². The maximum absolute atomic E-state index is 11.4. The summed E-state index contributed by atoms with van der Waals surface area (Å²) in [5.74, 6) is -0.141. The lowest BCUT2D eigenvalue weighted by Gasteiger charge is -2.07. The molecule has 4 nitrogen and oxygen atoms in total. The molecule has 2 aliphatic rings. The number of carbonyl (C=O) groups excluding carboxylic acids is 1. The molecule has 68 valence electrons. The second-order valence-electron chi connectivity index (χ2n) is 2.95. The fraction of sp³-hybridized carbons (Fsp3) is 0.111. The van der Waals surface area contributed by atoms with E-state index in [0.717, 1.165) is 16.3 Å². The molecule has 1 unspecified atom stereocenters. The van der Waals surface area contributed by atoms with Crippen molar-refractivity contribution in [2.24, 2.45) is 9.98 Å². The van der Waals surface area contributed by atoms with Gasteiger partial charge >= 0.3 is 0 Å². The summed E-state index contributed by atoms with van der Waals surface area (Å²) in [4.78, 5) is 23.4. The Morgan fingerprint density at radius 3 is 3.29 bits per heavy atom. The van der Waals surface area contributed by atoms with Gasteiger partial charge in [-0.05, 0) is 12.1 Å². The molecule has 2 aliphatic heterocycles. The normalized spacial score (nSPS) is 23.0. The Morgan fingerprint density at radius 2 is 2.36 bits per heavy atom. The van der Waals surface area contributed by atoms with Crippen molar-refractivity contribution in [3.63, 3.8) is 0 Å². The van der Waals surface area contributed by atoms with E-state index in [-0.39, 0.29) is 11.2 Å². The van der Waals surface area contributed by atoms with Crippen LogP contribution in [0, 0.1) is 0 Å². The summed E-state index contributed by atoms with van der Waals surface area (Å²) in [6.45, 7) is 0. The predicted octanol–water partition coefficient (Wildman–Crippen LogP) is 0.913. The number of nitrogens with zero attached hydrogens (tertiary/aromatic N) is 3. The van der Waals surface area contributed by atoms with E-state index in [1.165, 1.54) is 18.1 Å². The van der Waals surface area contributed by atoms with Crippen LogP contribution in [0.2, 0.25) is 0 Å². The Labute approximate surface area is 84.2 Å². The van der Waals surface area contributed by atoms with Crippen molar-refractivity contribution in [3.8, 4) is 0 Å². The molecule has 0 aliphatic carbocycles. The van der Waals surface area contributed by atoms with Crippen molar-refractivity contribution in [3.05, 3.63) is 23.9 Å². The van der Waals surface area contributed by atoms with Gasteiger partial charge in [0.1, 0.15) is 16.6 Å². The van der Waals surface area contributed by atoms with E-state index in [1.807, 2.05) is 12.1 Å². The Morgan fingerprint density at radius 1 is 1.43 bits per heavy atom. The van der Waals surface area contributed by atoms with Gasteiger partial charge in [0.15, 0.2) is 0 Å². The molecular weight excluding hydrogens is 198 g/mol. The van der Waals surface area contributed by atoms with Crippen LogP contribution in [0.3, 0.4) is 0 Å². The summed E-state index contributed by atoms with van der Waals surface area (Å²) in [6.07, 6.45) is 3.03. The molecule has 0 aromatic carbocycles. The quantitative estimate of drug-likeness (QED) is 0.629. The third-order valence-electron chi connectivity index (χ3n) is 2.13. The lowest BCUT2D eigenvalue weighted by Crippen LogP contribution is -2.25. The van der Waals surface area contributed by atoms with Gasteiger partial charge in [0.25, 0.3) is 5.91 Å². The summed E-state index contributed by atoms with van der Waals surface area (Å²) < 4.78 is 0. The summed E-state index contributed by atoms with van der Waals surface area (Å²) in [6, 6.07) is 3.78. The number of pyridine rings is 1. The highest BCUT2D eigenvalue weighted by molar-refractivity contribution is 8.02. The fourth-order valence-corrected chi connectivity index (χ4v) is 2.61. The molecular formula is C9H5N3OS. The van der Waals surface area contributed by atoms with Gasteiger partial charge in [0.2, 0.25) is 0 Å². The van der Waals surface area contributed by atoms with Crippen LogP contribution in [0.15, 0.2) is 33.3 Å². The number of fused-ring (bicyclic) bond motifs is 3. The van der Waals surface area contributed by atoms with E-state index in [2.05, 4.69) is 15.0 Å². The van der Waals surface area contributed by atoms with Crippen molar-refractivity contribution < 1.29 is 4.79 Å². The van der Waals surface area contributed by atoms with Gasteiger partial charge in [-0.1, -0.05) is 11.8 Å². The highest BCUT2D eigenvalue weighted by Gasteiger charge is 2.36. The molecule has 1 amide bonds. The van der Waals surface area contributed by atoms with E-state index >= 15 is 0 Å². The summed E-state index contributed by atoms with van der Waals surface area (Å²) in [5, 5.41) is 0.597. The van der Waals surface area contributed by atoms with Crippen LogP contribution in [0.5, 0.6) is 0 Å². The van der Waals surface area contributed by atoms with Gasteiger partial charge in [-0.3, -0.25) is 4.79 Å². The number of aromatic nitrogens is 1. The zero-order valence-electron chi connectivity index (χ0n) is 7.04. The molecule has 0 spiro atoms. The van der Waals surface area contributed by atoms with Crippen LogP contribution in [0.25, 0.3) is 0 Å². The van der Waals surface area contributed by atoms with Crippen LogP contribution in [0.4, 0.5) is 0 Å². The van der Waals surface area contributed by atoms with Gasteiger partial charge < -0.3 is 0 Å². The maximum Gasteiger partial charge on any atom is 0.266 e. The zero-order valence-corrected chi connectivity index (χ0v) is 7.86. The van der Waals surface area contributed by atoms with Crippen LogP contribution in [-0.4, -0.2) is 28.2 Å². The third-order valence-corrected chi connectivity index (χ3v) is 3.34. The van der Waals surface area contributed by atoms with Gasteiger partial charge in [-0.25, -0.2) is 15.0 Å². The molecule has 1 aromatic heterocycles. The fourth-order valence-electron chi connectivity index (χ4n) is 1.51. The lowest BCUT2D eigenvalue weighted by molar-refractivity contribution is -0.116. The average Bonchev–Trinajstić information content (AvgIpc) is 2.59. The minimum Gasteiger partial charge on any atom is -0.271 e. The molecule has 14 heavy (non-hydrogen) atoms. The van der Waals surface area contributed by atoms with Crippen LogP contribution in [-0.2, 0) is 4.79 Å². The van der Waals surface area contributed by atoms with Crippen molar-refractivity contribution in [1.29, 1.82) is 0 Å². The number of hydrogen-bond donors (Lipinski definition) is 0. The molecule has 1 aromatic rings. The average molecular weight is 203 g/mol. The molecule has 0 N–H and O–H groups in total. The molecule has 0 fully saturated rings. The molecule has 3 rings (SSSR count). The minimum atomic E-state index is -0.273.